The highest BCUT2D eigenvalue weighted by atomic mass is 19.1. The highest BCUT2D eigenvalue weighted by molar-refractivity contribution is 5.70. The average Bonchev–Trinajstić information content (AvgIpc) is 2.31. The lowest BCUT2D eigenvalue weighted by Crippen LogP contribution is -1.91. The minimum atomic E-state index is -0.498. The van der Waals surface area contributed by atoms with E-state index in [0.717, 1.165) is 6.20 Å². The minimum absolute atomic E-state index is 0.0228. The van der Waals surface area contributed by atoms with Gasteiger partial charge in [-0.1, -0.05) is 18.2 Å². The molecular weight excluding hydrogens is 209 g/mol. The molecule has 0 saturated carbocycles. The van der Waals surface area contributed by atoms with Crippen LogP contribution in [0.25, 0.3) is 11.1 Å². The van der Waals surface area contributed by atoms with Crippen LogP contribution in [0, 0.1) is 5.82 Å². The van der Waals surface area contributed by atoms with Crippen LogP contribution in [0.5, 0.6) is 11.6 Å². The van der Waals surface area contributed by atoms with Gasteiger partial charge >= 0.3 is 0 Å². The van der Waals surface area contributed by atoms with Crippen molar-refractivity contribution < 1.29 is 14.2 Å². The van der Waals surface area contributed by atoms with Crippen LogP contribution in [0.3, 0.4) is 0 Å². The summed E-state index contributed by atoms with van der Waals surface area (Å²) in [6.07, 6.45) is 1.07. The maximum absolute atomic E-state index is 13.5. The number of ether oxygens (including phenoxy) is 1. The quantitative estimate of drug-likeness (QED) is 0.844. The molecule has 0 aliphatic rings. The number of hydrogen-bond donors (Lipinski definition) is 1. The second-order valence-corrected chi connectivity index (χ2v) is 3.22. The zero-order valence-corrected chi connectivity index (χ0v) is 8.64. The molecule has 16 heavy (non-hydrogen) atoms. The van der Waals surface area contributed by atoms with Gasteiger partial charge in [0.1, 0.15) is 11.6 Å². The van der Waals surface area contributed by atoms with Crippen molar-refractivity contribution in [2.24, 2.45) is 0 Å². The van der Waals surface area contributed by atoms with Crippen LogP contribution in [0.2, 0.25) is 0 Å². The number of halogens is 1. The largest absolute Gasteiger partial charge is 0.507 e. The van der Waals surface area contributed by atoms with Crippen LogP contribution < -0.4 is 4.74 Å². The van der Waals surface area contributed by atoms with Gasteiger partial charge in [0.25, 0.3) is 0 Å². The van der Waals surface area contributed by atoms with Gasteiger partial charge in [-0.15, -0.1) is 0 Å². The fourth-order valence-corrected chi connectivity index (χ4v) is 1.44. The number of aromatic hydroxyl groups is 1. The summed E-state index contributed by atoms with van der Waals surface area (Å²) in [5.41, 5.74) is 0.686. The van der Waals surface area contributed by atoms with Gasteiger partial charge in [0.15, 0.2) is 0 Å². The molecule has 1 aromatic carbocycles. The molecule has 0 aliphatic heterocycles. The molecular formula is C12H10FNO2. The Hall–Kier alpha value is -2.10. The molecule has 82 valence electrons. The summed E-state index contributed by atoms with van der Waals surface area (Å²) in [6.45, 7) is 0. The molecule has 3 nitrogen and oxygen atoms in total. The lowest BCUT2D eigenvalue weighted by Gasteiger charge is -2.07. The van der Waals surface area contributed by atoms with Gasteiger partial charge in [-0.05, 0) is 6.07 Å². The molecule has 2 aromatic rings. The predicted molar refractivity (Wildman–Crippen MR) is 57.8 cm³/mol. The Morgan fingerprint density at radius 1 is 1.25 bits per heavy atom. The van der Waals surface area contributed by atoms with E-state index in [-0.39, 0.29) is 11.3 Å². The molecule has 1 aromatic heterocycles. The number of aromatic nitrogens is 1. The van der Waals surface area contributed by atoms with E-state index in [2.05, 4.69) is 4.98 Å². The predicted octanol–water partition coefficient (Wildman–Crippen LogP) is 2.60. The molecule has 0 saturated heterocycles. The molecule has 0 atom stereocenters. The van der Waals surface area contributed by atoms with Crippen molar-refractivity contribution in [3.63, 3.8) is 0 Å². The third kappa shape index (κ3) is 1.82. The molecule has 0 spiro atoms. The summed E-state index contributed by atoms with van der Waals surface area (Å²) >= 11 is 0. The normalized spacial score (nSPS) is 10.1. The number of methoxy groups -OCH3 is 1. The lowest BCUT2D eigenvalue weighted by molar-refractivity contribution is 0.396. The summed E-state index contributed by atoms with van der Waals surface area (Å²) in [5, 5.41) is 9.62. The summed E-state index contributed by atoms with van der Waals surface area (Å²) in [6, 6.07) is 7.98. The topological polar surface area (TPSA) is 42.4 Å². The van der Waals surface area contributed by atoms with Gasteiger partial charge in [0.2, 0.25) is 5.88 Å². The third-order valence-electron chi connectivity index (χ3n) is 2.23. The summed E-state index contributed by atoms with van der Waals surface area (Å²) in [5.74, 6) is -0.170. The fraction of sp³-hybridized carbons (Fsp3) is 0.0833. The first kappa shape index (κ1) is 10.4. The number of hydrogen-bond acceptors (Lipinski definition) is 3. The van der Waals surface area contributed by atoms with Crippen molar-refractivity contribution >= 4 is 0 Å². The molecule has 0 radical (unpaired) electrons. The molecule has 0 unspecified atom stereocenters. The number of para-hydroxylation sites is 1. The Balaban J connectivity index is 2.59. The Bertz CT molecular complexity index is 514. The van der Waals surface area contributed by atoms with Crippen molar-refractivity contribution in [3.8, 4) is 22.8 Å². The number of phenols is 1. The number of pyridine rings is 1. The monoisotopic (exact) mass is 219 g/mol. The van der Waals surface area contributed by atoms with Crippen molar-refractivity contribution in [2.45, 2.75) is 0 Å². The number of nitrogens with zero attached hydrogens (tertiary/aromatic N) is 1. The molecule has 0 bridgehead atoms. The van der Waals surface area contributed by atoms with Crippen LogP contribution >= 0.6 is 0 Å². The summed E-state index contributed by atoms with van der Waals surface area (Å²) in [4.78, 5) is 3.73. The van der Waals surface area contributed by atoms with Gasteiger partial charge in [0.05, 0.1) is 13.3 Å². The zero-order chi connectivity index (χ0) is 11.5. The first-order chi connectivity index (χ1) is 7.72. The van der Waals surface area contributed by atoms with Crippen LogP contribution in [0.4, 0.5) is 4.39 Å². The minimum Gasteiger partial charge on any atom is -0.507 e. The van der Waals surface area contributed by atoms with Crippen molar-refractivity contribution in [2.75, 3.05) is 7.11 Å². The van der Waals surface area contributed by atoms with E-state index in [1.165, 1.54) is 19.2 Å². The molecule has 1 heterocycles. The first-order valence-corrected chi connectivity index (χ1v) is 4.70. The van der Waals surface area contributed by atoms with Crippen molar-refractivity contribution in [3.05, 3.63) is 42.3 Å². The number of benzene rings is 1. The Morgan fingerprint density at radius 2 is 2.00 bits per heavy atom. The van der Waals surface area contributed by atoms with Crippen LogP contribution in [0.1, 0.15) is 0 Å². The standard InChI is InChI=1S/C12H10FNO2/c1-16-12-6-9(10(13)7-14-12)8-4-2-3-5-11(8)15/h2-7,15H,1H3. The van der Waals surface area contributed by atoms with Crippen LogP contribution in [-0.4, -0.2) is 17.2 Å². The molecule has 4 heteroatoms. The molecule has 0 aliphatic carbocycles. The van der Waals surface area contributed by atoms with Gasteiger partial charge in [0, 0.05) is 17.2 Å². The molecule has 0 amide bonds. The fourth-order valence-electron chi connectivity index (χ4n) is 1.44. The highest BCUT2D eigenvalue weighted by Gasteiger charge is 2.10. The number of rotatable bonds is 2. The van der Waals surface area contributed by atoms with Crippen molar-refractivity contribution in [1.82, 2.24) is 4.98 Å². The van der Waals surface area contributed by atoms with E-state index >= 15 is 0 Å². The first-order valence-electron chi connectivity index (χ1n) is 4.70. The van der Waals surface area contributed by atoms with Gasteiger partial charge in [-0.3, -0.25) is 0 Å². The third-order valence-corrected chi connectivity index (χ3v) is 2.23. The van der Waals surface area contributed by atoms with Gasteiger partial charge in [-0.2, -0.15) is 0 Å². The SMILES string of the molecule is COc1cc(-c2ccccc2O)c(F)cn1. The van der Waals surface area contributed by atoms with Gasteiger partial charge < -0.3 is 9.84 Å². The van der Waals surface area contributed by atoms with E-state index in [9.17, 15) is 9.50 Å². The lowest BCUT2D eigenvalue weighted by atomic mass is 10.1. The van der Waals surface area contributed by atoms with E-state index in [1.54, 1.807) is 18.2 Å². The van der Waals surface area contributed by atoms with E-state index < -0.39 is 5.82 Å². The van der Waals surface area contributed by atoms with Crippen LogP contribution in [-0.2, 0) is 0 Å². The van der Waals surface area contributed by atoms with E-state index in [4.69, 9.17) is 4.74 Å². The van der Waals surface area contributed by atoms with Gasteiger partial charge in [-0.25, -0.2) is 9.37 Å². The Morgan fingerprint density at radius 3 is 2.69 bits per heavy atom. The summed E-state index contributed by atoms with van der Waals surface area (Å²) in [7, 11) is 1.45. The second kappa shape index (κ2) is 4.18. The van der Waals surface area contributed by atoms with E-state index in [0.29, 0.717) is 11.4 Å². The maximum atomic E-state index is 13.5. The molecule has 0 fully saturated rings. The molecule has 2 rings (SSSR count). The number of phenolic OH excluding ortho intramolecular Hbond substituents is 1. The summed E-state index contributed by atoms with van der Waals surface area (Å²) < 4.78 is 18.5. The maximum Gasteiger partial charge on any atom is 0.213 e. The van der Waals surface area contributed by atoms with E-state index in [1.807, 2.05) is 0 Å². The smallest absolute Gasteiger partial charge is 0.213 e. The zero-order valence-electron chi connectivity index (χ0n) is 8.64. The molecule has 1 N–H and O–H groups in total. The highest BCUT2D eigenvalue weighted by Crippen LogP contribution is 2.31. The Labute approximate surface area is 92.1 Å². The van der Waals surface area contributed by atoms with Crippen LogP contribution in [0.15, 0.2) is 36.5 Å². The van der Waals surface area contributed by atoms with Crippen molar-refractivity contribution in [1.29, 1.82) is 0 Å². The average molecular weight is 219 g/mol. The second-order valence-electron chi connectivity index (χ2n) is 3.22. The Kier molecular flexibility index (Phi) is 2.72.